The molecule has 2 aliphatic rings. The predicted octanol–water partition coefficient (Wildman–Crippen LogP) is -0.252. The second-order valence-electron chi connectivity index (χ2n) is 6.17. The molecule has 18 heavy (non-hydrogen) atoms. The lowest BCUT2D eigenvalue weighted by atomic mass is 9.78. The van der Waals surface area contributed by atoms with E-state index in [1.54, 1.807) is 0 Å². The Bertz CT molecular complexity index is 320. The molecule has 1 saturated carbocycles. The maximum Gasteiger partial charge on any atom is 0.237 e. The van der Waals surface area contributed by atoms with E-state index in [1.807, 2.05) is 0 Å². The summed E-state index contributed by atoms with van der Waals surface area (Å²) in [7, 11) is 4.26. The monoisotopic (exact) mass is 254 g/mol. The summed E-state index contributed by atoms with van der Waals surface area (Å²) in [6.07, 6.45) is 4.82. The van der Waals surface area contributed by atoms with Gasteiger partial charge in [-0.05, 0) is 46.2 Å². The number of rotatable bonds is 3. The van der Waals surface area contributed by atoms with Crippen molar-refractivity contribution in [2.24, 2.45) is 11.5 Å². The molecule has 0 aromatic rings. The van der Waals surface area contributed by atoms with Gasteiger partial charge in [0.05, 0.1) is 5.54 Å². The molecule has 1 heterocycles. The molecule has 1 aliphatic carbocycles. The zero-order valence-electron chi connectivity index (χ0n) is 11.6. The number of hydrogen-bond donors (Lipinski definition) is 2. The van der Waals surface area contributed by atoms with Crippen molar-refractivity contribution in [1.82, 2.24) is 9.80 Å². The summed E-state index contributed by atoms with van der Waals surface area (Å²) in [4.78, 5) is 16.3. The molecule has 3 atom stereocenters. The van der Waals surface area contributed by atoms with Crippen molar-refractivity contribution >= 4 is 5.91 Å². The number of carbonyl (C=O) groups is 1. The fourth-order valence-corrected chi connectivity index (χ4v) is 3.33. The second kappa shape index (κ2) is 5.15. The lowest BCUT2D eigenvalue weighted by Crippen LogP contribution is -2.58. The highest BCUT2D eigenvalue weighted by molar-refractivity contribution is 5.84. The molecule has 0 spiro atoms. The smallest absolute Gasteiger partial charge is 0.237 e. The molecule has 1 saturated heterocycles. The van der Waals surface area contributed by atoms with Gasteiger partial charge in [0.1, 0.15) is 0 Å². The number of primary amides is 1. The molecule has 5 nitrogen and oxygen atoms in total. The number of carbonyl (C=O) groups excluding carboxylic acids is 1. The van der Waals surface area contributed by atoms with Crippen LogP contribution in [0.1, 0.15) is 32.1 Å². The summed E-state index contributed by atoms with van der Waals surface area (Å²) in [6.45, 7) is 2.20. The Hall–Kier alpha value is -0.650. The molecule has 2 fully saturated rings. The fraction of sp³-hybridized carbons (Fsp3) is 0.923. The molecule has 4 N–H and O–H groups in total. The molecule has 0 aromatic carbocycles. The molecule has 1 amide bonds. The third kappa shape index (κ3) is 2.68. The van der Waals surface area contributed by atoms with Crippen molar-refractivity contribution in [1.29, 1.82) is 0 Å². The minimum atomic E-state index is -0.779. The van der Waals surface area contributed by atoms with E-state index in [0.29, 0.717) is 12.1 Å². The molecular weight excluding hydrogens is 228 g/mol. The average Bonchev–Trinajstić information content (AvgIpc) is 2.78. The van der Waals surface area contributed by atoms with Crippen LogP contribution >= 0.6 is 0 Å². The quantitative estimate of drug-likeness (QED) is 0.728. The largest absolute Gasteiger partial charge is 0.368 e. The van der Waals surface area contributed by atoms with Crippen LogP contribution in [0.3, 0.4) is 0 Å². The van der Waals surface area contributed by atoms with Crippen LogP contribution < -0.4 is 11.5 Å². The Morgan fingerprint density at radius 3 is 2.67 bits per heavy atom. The zero-order chi connectivity index (χ0) is 13.3. The van der Waals surface area contributed by atoms with Crippen molar-refractivity contribution < 1.29 is 4.79 Å². The third-order valence-electron chi connectivity index (χ3n) is 4.69. The number of nitrogens with zero attached hydrogens (tertiary/aromatic N) is 2. The van der Waals surface area contributed by atoms with Gasteiger partial charge < -0.3 is 16.4 Å². The minimum Gasteiger partial charge on any atom is -0.368 e. The number of nitrogens with two attached hydrogens (primary N) is 2. The summed E-state index contributed by atoms with van der Waals surface area (Å²) in [5.74, 6) is -0.337. The van der Waals surface area contributed by atoms with E-state index in [9.17, 15) is 4.79 Å². The van der Waals surface area contributed by atoms with Gasteiger partial charge in [0.15, 0.2) is 0 Å². The van der Waals surface area contributed by atoms with Crippen LogP contribution in [-0.4, -0.2) is 60.5 Å². The highest BCUT2D eigenvalue weighted by atomic mass is 16.1. The first-order valence-electron chi connectivity index (χ1n) is 6.91. The average molecular weight is 254 g/mol. The van der Waals surface area contributed by atoms with Gasteiger partial charge in [-0.15, -0.1) is 0 Å². The first-order valence-corrected chi connectivity index (χ1v) is 6.91. The molecule has 0 bridgehead atoms. The van der Waals surface area contributed by atoms with Crippen LogP contribution in [0.2, 0.25) is 0 Å². The van der Waals surface area contributed by atoms with Gasteiger partial charge in [-0.2, -0.15) is 0 Å². The van der Waals surface area contributed by atoms with Crippen LogP contribution in [0.4, 0.5) is 0 Å². The van der Waals surface area contributed by atoms with Crippen molar-refractivity contribution in [2.45, 2.75) is 49.7 Å². The molecule has 3 unspecified atom stereocenters. The van der Waals surface area contributed by atoms with E-state index >= 15 is 0 Å². The molecule has 104 valence electrons. The van der Waals surface area contributed by atoms with Crippen LogP contribution in [0.15, 0.2) is 0 Å². The topological polar surface area (TPSA) is 75.6 Å². The number of likely N-dealkylation sites (tertiary alicyclic amines) is 1. The van der Waals surface area contributed by atoms with E-state index in [4.69, 9.17) is 11.5 Å². The van der Waals surface area contributed by atoms with Gasteiger partial charge in [0.2, 0.25) is 5.91 Å². The van der Waals surface area contributed by atoms with E-state index < -0.39 is 5.54 Å². The van der Waals surface area contributed by atoms with Crippen molar-refractivity contribution in [3.05, 3.63) is 0 Å². The molecule has 5 heteroatoms. The summed E-state index contributed by atoms with van der Waals surface area (Å²) in [5.41, 5.74) is 10.8. The Morgan fingerprint density at radius 2 is 2.11 bits per heavy atom. The maximum absolute atomic E-state index is 11.5. The van der Waals surface area contributed by atoms with Gasteiger partial charge in [-0.25, -0.2) is 0 Å². The maximum atomic E-state index is 11.5. The third-order valence-corrected chi connectivity index (χ3v) is 4.69. The van der Waals surface area contributed by atoms with Crippen LogP contribution in [-0.2, 0) is 4.79 Å². The van der Waals surface area contributed by atoms with Gasteiger partial charge >= 0.3 is 0 Å². The SMILES string of the molecule is CN(C)C1CCN(C2CCCC(N)(C(N)=O)C2)C1. The summed E-state index contributed by atoms with van der Waals surface area (Å²) >= 11 is 0. The first-order chi connectivity index (χ1) is 8.42. The van der Waals surface area contributed by atoms with Crippen molar-refractivity contribution in [3.8, 4) is 0 Å². The lowest BCUT2D eigenvalue weighted by molar-refractivity contribution is -0.125. The Balaban J connectivity index is 1.96. The number of amides is 1. The van der Waals surface area contributed by atoms with Crippen LogP contribution in [0.25, 0.3) is 0 Å². The molecule has 2 rings (SSSR count). The summed E-state index contributed by atoms with van der Waals surface area (Å²) < 4.78 is 0. The molecule has 0 radical (unpaired) electrons. The fourth-order valence-electron chi connectivity index (χ4n) is 3.33. The van der Waals surface area contributed by atoms with Gasteiger partial charge in [0.25, 0.3) is 0 Å². The molecular formula is C13H26N4O. The van der Waals surface area contributed by atoms with E-state index in [1.165, 1.54) is 6.42 Å². The highest BCUT2D eigenvalue weighted by Crippen LogP contribution is 2.31. The van der Waals surface area contributed by atoms with Crippen molar-refractivity contribution in [2.75, 3.05) is 27.2 Å². The predicted molar refractivity (Wildman–Crippen MR) is 72.0 cm³/mol. The first kappa shape index (κ1) is 13.8. The zero-order valence-corrected chi connectivity index (χ0v) is 11.6. The number of hydrogen-bond acceptors (Lipinski definition) is 4. The number of likely N-dealkylation sites (N-methyl/N-ethyl adjacent to an activating group) is 1. The van der Waals surface area contributed by atoms with Gasteiger partial charge in [-0.3, -0.25) is 9.69 Å². The minimum absolute atomic E-state index is 0.337. The normalized spacial score (nSPS) is 38.2. The van der Waals surface area contributed by atoms with E-state index in [2.05, 4.69) is 23.9 Å². The van der Waals surface area contributed by atoms with Gasteiger partial charge in [0, 0.05) is 25.2 Å². The Morgan fingerprint density at radius 1 is 1.39 bits per heavy atom. The summed E-state index contributed by atoms with van der Waals surface area (Å²) in [5, 5.41) is 0. The van der Waals surface area contributed by atoms with Crippen LogP contribution in [0, 0.1) is 0 Å². The van der Waals surface area contributed by atoms with Gasteiger partial charge in [-0.1, -0.05) is 0 Å². The highest BCUT2D eigenvalue weighted by Gasteiger charge is 2.41. The lowest BCUT2D eigenvalue weighted by Gasteiger charge is -2.39. The molecule has 1 aliphatic heterocycles. The van der Waals surface area contributed by atoms with E-state index in [-0.39, 0.29) is 5.91 Å². The van der Waals surface area contributed by atoms with Crippen molar-refractivity contribution in [3.63, 3.8) is 0 Å². The van der Waals surface area contributed by atoms with E-state index in [0.717, 1.165) is 38.8 Å². The standard InChI is InChI=1S/C13H26N4O/c1-16(2)11-5-7-17(9-11)10-4-3-6-13(15,8-10)12(14)18/h10-11H,3-9,15H2,1-2H3,(H2,14,18). The van der Waals surface area contributed by atoms with Crippen LogP contribution in [0.5, 0.6) is 0 Å². The Labute approximate surface area is 109 Å². The Kier molecular flexibility index (Phi) is 3.94. The summed E-state index contributed by atoms with van der Waals surface area (Å²) in [6, 6.07) is 1.06. The molecule has 0 aromatic heterocycles. The second-order valence-corrected chi connectivity index (χ2v) is 6.17.